The van der Waals surface area contributed by atoms with Crippen molar-refractivity contribution in [2.24, 2.45) is 0 Å². The molecule has 4 rings (SSSR count). The largest absolute Gasteiger partial charge is 0.368 e. The first kappa shape index (κ1) is 17.0. The van der Waals surface area contributed by atoms with Gasteiger partial charge >= 0.3 is 0 Å². The third-order valence-corrected chi connectivity index (χ3v) is 4.66. The molecule has 0 radical (unpaired) electrons. The molecule has 0 unspecified atom stereocenters. The third-order valence-electron chi connectivity index (χ3n) is 4.66. The fourth-order valence-electron chi connectivity index (χ4n) is 3.24. The number of nitrogens with zero attached hydrogens (tertiary/aromatic N) is 5. The molecule has 1 atom stereocenters. The number of piperidine rings is 1. The van der Waals surface area contributed by atoms with Crippen molar-refractivity contribution in [3.8, 4) is 11.5 Å². The van der Waals surface area contributed by atoms with Gasteiger partial charge in [0.25, 0.3) is 11.8 Å². The Bertz CT molecular complexity index is 724. The van der Waals surface area contributed by atoms with Crippen molar-refractivity contribution in [3.05, 3.63) is 24.5 Å². The van der Waals surface area contributed by atoms with E-state index < -0.39 is 0 Å². The van der Waals surface area contributed by atoms with Crippen LogP contribution in [0, 0.1) is 0 Å². The molecule has 9 heteroatoms. The van der Waals surface area contributed by atoms with Gasteiger partial charge in [-0.3, -0.25) is 9.78 Å². The van der Waals surface area contributed by atoms with Crippen LogP contribution in [0.1, 0.15) is 31.6 Å². The van der Waals surface area contributed by atoms with E-state index in [0.717, 1.165) is 25.7 Å². The van der Waals surface area contributed by atoms with E-state index in [0.29, 0.717) is 37.1 Å². The molecule has 2 aromatic rings. The Kier molecular flexibility index (Phi) is 5.16. The summed E-state index contributed by atoms with van der Waals surface area (Å²) in [5, 5.41) is 3.89. The van der Waals surface area contributed by atoms with Gasteiger partial charge in [0.1, 0.15) is 18.4 Å². The molecule has 2 saturated heterocycles. The van der Waals surface area contributed by atoms with Crippen molar-refractivity contribution >= 4 is 5.91 Å². The van der Waals surface area contributed by atoms with Gasteiger partial charge in [-0.1, -0.05) is 5.16 Å². The van der Waals surface area contributed by atoms with Crippen molar-refractivity contribution in [2.45, 2.75) is 44.5 Å². The van der Waals surface area contributed by atoms with Crippen LogP contribution in [0.15, 0.2) is 23.1 Å². The molecule has 2 aliphatic rings. The second-order valence-electron chi connectivity index (χ2n) is 6.44. The van der Waals surface area contributed by atoms with Crippen LogP contribution >= 0.6 is 0 Å². The van der Waals surface area contributed by atoms with Crippen LogP contribution in [0.5, 0.6) is 0 Å². The summed E-state index contributed by atoms with van der Waals surface area (Å²) in [5.41, 5.74) is 0.559. The lowest BCUT2D eigenvalue weighted by atomic mass is 10.1. The van der Waals surface area contributed by atoms with Gasteiger partial charge in [-0.2, -0.15) is 4.98 Å². The van der Waals surface area contributed by atoms with E-state index in [4.69, 9.17) is 14.0 Å². The minimum absolute atomic E-state index is 0.0791. The Morgan fingerprint density at radius 1 is 1.27 bits per heavy atom. The number of hydrogen-bond donors (Lipinski definition) is 0. The summed E-state index contributed by atoms with van der Waals surface area (Å²) in [6.07, 6.45) is 7.97. The molecule has 2 fully saturated rings. The van der Waals surface area contributed by atoms with Crippen molar-refractivity contribution < 1.29 is 18.8 Å². The predicted molar refractivity (Wildman–Crippen MR) is 88.7 cm³/mol. The maximum absolute atomic E-state index is 12.3. The number of rotatable bonds is 5. The van der Waals surface area contributed by atoms with Crippen molar-refractivity contribution in [1.29, 1.82) is 0 Å². The van der Waals surface area contributed by atoms with Gasteiger partial charge in [-0.25, -0.2) is 4.98 Å². The molecule has 26 heavy (non-hydrogen) atoms. The number of carbonyl (C=O) groups excluding carboxylic acids is 1. The Morgan fingerprint density at radius 3 is 2.88 bits per heavy atom. The van der Waals surface area contributed by atoms with Gasteiger partial charge in [0, 0.05) is 32.1 Å². The molecule has 0 bridgehead atoms. The lowest BCUT2D eigenvalue weighted by Crippen LogP contribution is -2.45. The molecule has 4 heterocycles. The summed E-state index contributed by atoms with van der Waals surface area (Å²) in [6, 6.07) is 0. The molecule has 2 aliphatic heterocycles. The first-order valence-corrected chi connectivity index (χ1v) is 8.90. The summed E-state index contributed by atoms with van der Waals surface area (Å²) in [7, 11) is 0. The van der Waals surface area contributed by atoms with Crippen LogP contribution in [0.4, 0.5) is 0 Å². The molecule has 0 aromatic carbocycles. The smallest absolute Gasteiger partial charge is 0.253 e. The second kappa shape index (κ2) is 7.88. The summed E-state index contributed by atoms with van der Waals surface area (Å²) >= 11 is 0. The predicted octanol–water partition coefficient (Wildman–Crippen LogP) is 1.21. The lowest BCUT2D eigenvalue weighted by Gasteiger charge is -2.33. The molecule has 1 amide bonds. The molecule has 0 spiro atoms. The highest BCUT2D eigenvalue weighted by Crippen LogP contribution is 2.20. The highest BCUT2D eigenvalue weighted by atomic mass is 16.5. The monoisotopic (exact) mass is 359 g/mol. The zero-order chi connectivity index (χ0) is 17.8. The second-order valence-corrected chi connectivity index (χ2v) is 6.44. The first-order valence-electron chi connectivity index (χ1n) is 8.90. The first-order chi connectivity index (χ1) is 12.8. The van der Waals surface area contributed by atoms with Crippen molar-refractivity contribution in [3.63, 3.8) is 0 Å². The van der Waals surface area contributed by atoms with Gasteiger partial charge in [-0.05, 0) is 25.7 Å². The minimum atomic E-state index is -0.245. The van der Waals surface area contributed by atoms with E-state index in [1.165, 1.54) is 0 Å². The Balaban J connectivity index is 1.24. The maximum atomic E-state index is 12.3. The van der Waals surface area contributed by atoms with Crippen molar-refractivity contribution in [1.82, 2.24) is 25.0 Å². The van der Waals surface area contributed by atoms with Gasteiger partial charge in [0.2, 0.25) is 5.82 Å². The van der Waals surface area contributed by atoms with E-state index in [9.17, 15) is 4.79 Å². The summed E-state index contributed by atoms with van der Waals surface area (Å²) in [4.78, 5) is 26.6. The van der Waals surface area contributed by atoms with E-state index in [2.05, 4.69) is 20.1 Å². The molecule has 0 saturated carbocycles. The lowest BCUT2D eigenvalue weighted by molar-refractivity contribution is -0.143. The highest BCUT2D eigenvalue weighted by Gasteiger charge is 2.31. The number of hydrogen-bond acceptors (Lipinski definition) is 8. The molecular formula is C17H21N5O4. The molecule has 9 nitrogen and oxygen atoms in total. The summed E-state index contributed by atoms with van der Waals surface area (Å²) in [5.74, 6) is 0.920. The molecule has 138 valence electrons. The fraction of sp³-hybridized carbons (Fsp3) is 0.588. The van der Waals surface area contributed by atoms with E-state index in [-0.39, 0.29) is 24.7 Å². The number of carbonyl (C=O) groups is 1. The number of aromatic nitrogens is 4. The fourth-order valence-corrected chi connectivity index (χ4v) is 3.24. The van der Waals surface area contributed by atoms with Gasteiger partial charge in [-0.15, -0.1) is 0 Å². The van der Waals surface area contributed by atoms with Crippen LogP contribution in [0.25, 0.3) is 11.5 Å². The van der Waals surface area contributed by atoms with Crippen LogP contribution in [-0.4, -0.2) is 62.8 Å². The van der Waals surface area contributed by atoms with E-state index in [1.54, 1.807) is 18.6 Å². The quantitative estimate of drug-likeness (QED) is 0.785. The van der Waals surface area contributed by atoms with E-state index in [1.807, 2.05) is 4.90 Å². The van der Waals surface area contributed by atoms with Crippen molar-refractivity contribution in [2.75, 3.05) is 19.7 Å². The molecular weight excluding hydrogens is 338 g/mol. The highest BCUT2D eigenvalue weighted by molar-refractivity contribution is 5.81. The average molecular weight is 359 g/mol. The zero-order valence-electron chi connectivity index (χ0n) is 14.4. The minimum Gasteiger partial charge on any atom is -0.368 e. The summed E-state index contributed by atoms with van der Waals surface area (Å²) in [6.45, 7) is 2.32. The number of ether oxygens (including phenoxy) is 2. The molecule has 0 N–H and O–H groups in total. The van der Waals surface area contributed by atoms with Crippen LogP contribution < -0.4 is 0 Å². The zero-order valence-corrected chi connectivity index (χ0v) is 14.4. The molecule has 0 aliphatic carbocycles. The third kappa shape index (κ3) is 3.88. The van der Waals surface area contributed by atoms with Gasteiger partial charge < -0.3 is 18.9 Å². The average Bonchev–Trinajstić information content (AvgIpc) is 3.39. The van der Waals surface area contributed by atoms with Gasteiger partial charge in [0.05, 0.1) is 12.3 Å². The SMILES string of the molecule is O=C([C@@H]1CCCO1)N1CCC(OCc2nc(-c3cnccn3)no2)CC1. The van der Waals surface area contributed by atoms with E-state index >= 15 is 0 Å². The van der Waals surface area contributed by atoms with Crippen LogP contribution in [-0.2, 0) is 20.9 Å². The Morgan fingerprint density at radius 2 is 2.15 bits per heavy atom. The molecule has 2 aromatic heterocycles. The van der Waals surface area contributed by atoms with Crippen LogP contribution in [0.2, 0.25) is 0 Å². The van der Waals surface area contributed by atoms with Crippen LogP contribution in [0.3, 0.4) is 0 Å². The maximum Gasteiger partial charge on any atom is 0.253 e. The Hall–Kier alpha value is -2.39. The summed E-state index contributed by atoms with van der Waals surface area (Å²) < 4.78 is 16.6. The Labute approximate surface area is 150 Å². The number of likely N-dealkylation sites (tertiary alicyclic amines) is 1. The number of amides is 1. The van der Waals surface area contributed by atoms with Gasteiger partial charge in [0.15, 0.2) is 0 Å². The normalized spacial score (nSPS) is 21.2. The topological polar surface area (TPSA) is 103 Å². The standard InChI is InChI=1S/C17H21N5O4/c23-17(14-2-1-9-24-14)22-7-3-12(4-8-22)25-11-15-20-16(21-26-15)13-10-18-5-6-19-13/h5-6,10,12,14H,1-4,7-9,11H2/t14-/m0/s1.